The van der Waals surface area contributed by atoms with Crippen molar-refractivity contribution in [2.75, 3.05) is 6.61 Å². The molecule has 1 aromatic heterocycles. The summed E-state index contributed by atoms with van der Waals surface area (Å²) in [6, 6.07) is 5.65. The molecule has 2 aromatic rings. The number of nitrogens with zero attached hydrogens (tertiary/aromatic N) is 4. The molecule has 2 aliphatic rings. The van der Waals surface area contributed by atoms with Gasteiger partial charge in [-0.3, -0.25) is 10.1 Å². The molecule has 1 unspecified atom stereocenters. The van der Waals surface area contributed by atoms with Gasteiger partial charge in [0, 0.05) is 24.5 Å². The Morgan fingerprint density at radius 3 is 3.17 bits per heavy atom. The molecule has 1 saturated heterocycles. The number of carbonyl (C=O) groups excluding carboxylic acids is 1. The predicted octanol–water partition coefficient (Wildman–Crippen LogP) is 1.28. The number of ether oxygens (including phenoxy) is 1. The lowest BCUT2D eigenvalue weighted by molar-refractivity contribution is -0.121. The molecule has 3 heterocycles. The highest BCUT2D eigenvalue weighted by Crippen LogP contribution is 2.31. The lowest BCUT2D eigenvalue weighted by atomic mass is 10.1. The molecule has 7 heteroatoms. The first-order valence-corrected chi connectivity index (χ1v) is 7.58. The highest BCUT2D eigenvalue weighted by Gasteiger charge is 2.35. The molecule has 1 atom stereocenters. The summed E-state index contributed by atoms with van der Waals surface area (Å²) in [6.07, 6.45) is 5.43. The fourth-order valence-corrected chi connectivity index (χ4v) is 2.79. The van der Waals surface area contributed by atoms with Crippen LogP contribution in [0.2, 0.25) is 0 Å². The topological polar surface area (TPSA) is 71.7 Å². The Kier molecular flexibility index (Phi) is 3.25. The van der Waals surface area contributed by atoms with Crippen molar-refractivity contribution in [3.63, 3.8) is 0 Å². The third kappa shape index (κ3) is 2.54. The molecule has 0 radical (unpaired) electrons. The average Bonchev–Trinajstić information content (AvgIpc) is 3.15. The van der Waals surface area contributed by atoms with Gasteiger partial charge in [-0.1, -0.05) is 0 Å². The SMILES string of the molecule is CC1C(=O)NC2=Nc3ccc(OCCn4ccnc4)cc3CN21. The molecular formula is C16H17N5O2. The summed E-state index contributed by atoms with van der Waals surface area (Å²) in [4.78, 5) is 22.2. The fraction of sp³-hybridized carbons (Fsp3) is 0.312. The first-order chi connectivity index (χ1) is 11.2. The molecule has 23 heavy (non-hydrogen) atoms. The van der Waals surface area contributed by atoms with Crippen molar-refractivity contribution in [3.05, 3.63) is 42.5 Å². The molecule has 2 aliphatic heterocycles. The molecule has 1 amide bonds. The molecule has 4 rings (SSSR count). The van der Waals surface area contributed by atoms with Gasteiger partial charge in [0.25, 0.3) is 0 Å². The van der Waals surface area contributed by atoms with E-state index in [1.54, 1.807) is 12.5 Å². The highest BCUT2D eigenvalue weighted by atomic mass is 16.5. The standard InChI is InChI=1S/C16H17N5O2/c1-11-15(22)19-16-18-14-3-2-13(8-12(14)9-21(11)16)23-7-6-20-5-4-17-10-20/h2-5,8,10-11H,6-7,9H2,1H3,(H,18,19,22). The second-order valence-corrected chi connectivity index (χ2v) is 5.67. The van der Waals surface area contributed by atoms with Crippen molar-refractivity contribution in [3.8, 4) is 5.75 Å². The van der Waals surface area contributed by atoms with E-state index < -0.39 is 0 Å². The summed E-state index contributed by atoms with van der Waals surface area (Å²) in [5.41, 5.74) is 1.95. The Morgan fingerprint density at radius 1 is 1.43 bits per heavy atom. The maximum Gasteiger partial charge on any atom is 0.249 e. The summed E-state index contributed by atoms with van der Waals surface area (Å²) in [5.74, 6) is 1.45. The van der Waals surface area contributed by atoms with Crippen molar-refractivity contribution in [1.82, 2.24) is 19.8 Å². The van der Waals surface area contributed by atoms with Crippen LogP contribution in [0.1, 0.15) is 12.5 Å². The van der Waals surface area contributed by atoms with Crippen LogP contribution in [-0.4, -0.2) is 39.0 Å². The largest absolute Gasteiger partial charge is 0.492 e. The lowest BCUT2D eigenvalue weighted by Crippen LogP contribution is -2.35. The minimum absolute atomic E-state index is 0.00615. The van der Waals surface area contributed by atoms with Crippen molar-refractivity contribution < 1.29 is 9.53 Å². The van der Waals surface area contributed by atoms with E-state index >= 15 is 0 Å². The highest BCUT2D eigenvalue weighted by molar-refractivity contribution is 6.07. The van der Waals surface area contributed by atoms with Gasteiger partial charge in [0.15, 0.2) is 0 Å². The van der Waals surface area contributed by atoms with Crippen LogP contribution in [0.25, 0.3) is 0 Å². The van der Waals surface area contributed by atoms with Crippen LogP contribution in [0, 0.1) is 0 Å². The maximum atomic E-state index is 11.7. The molecule has 0 saturated carbocycles. The number of carbonyl (C=O) groups is 1. The monoisotopic (exact) mass is 311 g/mol. The van der Waals surface area contributed by atoms with Crippen molar-refractivity contribution >= 4 is 17.6 Å². The predicted molar refractivity (Wildman–Crippen MR) is 84.4 cm³/mol. The molecule has 1 N–H and O–H groups in total. The van der Waals surface area contributed by atoms with Crippen LogP contribution < -0.4 is 10.1 Å². The molecule has 0 bridgehead atoms. The first-order valence-electron chi connectivity index (χ1n) is 7.58. The molecule has 0 spiro atoms. The number of hydrogen-bond donors (Lipinski definition) is 1. The minimum atomic E-state index is -0.187. The van der Waals surface area contributed by atoms with Gasteiger partial charge in [0.1, 0.15) is 18.4 Å². The van der Waals surface area contributed by atoms with Crippen LogP contribution in [0.5, 0.6) is 5.75 Å². The van der Waals surface area contributed by atoms with E-state index in [1.165, 1.54) is 0 Å². The zero-order chi connectivity index (χ0) is 15.8. The Morgan fingerprint density at radius 2 is 2.35 bits per heavy atom. The Labute approximate surface area is 133 Å². The minimum Gasteiger partial charge on any atom is -0.492 e. The van der Waals surface area contributed by atoms with Crippen molar-refractivity contribution in [2.24, 2.45) is 4.99 Å². The third-order valence-electron chi connectivity index (χ3n) is 4.15. The van der Waals surface area contributed by atoms with Crippen LogP contribution in [0.15, 0.2) is 41.9 Å². The number of rotatable bonds is 4. The number of amides is 1. The fourth-order valence-electron chi connectivity index (χ4n) is 2.79. The quantitative estimate of drug-likeness (QED) is 0.923. The first kappa shape index (κ1) is 13.8. The van der Waals surface area contributed by atoms with Gasteiger partial charge in [0.2, 0.25) is 11.9 Å². The number of imidazole rings is 1. The Hall–Kier alpha value is -2.83. The van der Waals surface area contributed by atoms with Gasteiger partial charge in [-0.05, 0) is 25.1 Å². The van der Waals surface area contributed by atoms with E-state index in [4.69, 9.17) is 4.74 Å². The van der Waals surface area contributed by atoms with Gasteiger partial charge in [0.05, 0.1) is 18.6 Å². The summed E-state index contributed by atoms with van der Waals surface area (Å²) >= 11 is 0. The van der Waals surface area contributed by atoms with Crippen molar-refractivity contribution in [1.29, 1.82) is 0 Å². The molecule has 1 fully saturated rings. The molecular weight excluding hydrogens is 294 g/mol. The Bertz CT molecular complexity index is 769. The second kappa shape index (κ2) is 5.42. The van der Waals surface area contributed by atoms with Crippen molar-refractivity contribution in [2.45, 2.75) is 26.1 Å². The van der Waals surface area contributed by atoms with Gasteiger partial charge in [-0.15, -0.1) is 0 Å². The van der Waals surface area contributed by atoms with Crippen LogP contribution in [0.3, 0.4) is 0 Å². The third-order valence-corrected chi connectivity index (χ3v) is 4.15. The number of aromatic nitrogens is 2. The number of guanidine groups is 1. The molecule has 118 valence electrons. The number of aliphatic imine (C=N–C) groups is 1. The number of fused-ring (bicyclic) bond motifs is 2. The van der Waals surface area contributed by atoms with E-state index in [9.17, 15) is 4.79 Å². The smallest absolute Gasteiger partial charge is 0.249 e. The average molecular weight is 311 g/mol. The van der Waals surface area contributed by atoms with E-state index in [1.807, 2.05) is 40.8 Å². The maximum absolute atomic E-state index is 11.7. The zero-order valence-corrected chi connectivity index (χ0v) is 12.8. The molecule has 1 aromatic carbocycles. The summed E-state index contributed by atoms with van der Waals surface area (Å²) < 4.78 is 7.78. The number of nitrogens with one attached hydrogen (secondary N) is 1. The second-order valence-electron chi connectivity index (χ2n) is 5.67. The zero-order valence-electron chi connectivity index (χ0n) is 12.8. The summed E-state index contributed by atoms with van der Waals surface area (Å²) in [7, 11) is 0. The van der Waals surface area contributed by atoms with Gasteiger partial charge in [-0.25, -0.2) is 9.98 Å². The van der Waals surface area contributed by atoms with E-state index in [0.29, 0.717) is 19.1 Å². The van der Waals surface area contributed by atoms with E-state index in [2.05, 4.69) is 15.3 Å². The van der Waals surface area contributed by atoms with Crippen LogP contribution in [-0.2, 0) is 17.9 Å². The van der Waals surface area contributed by atoms with Gasteiger partial charge in [-0.2, -0.15) is 0 Å². The van der Waals surface area contributed by atoms with E-state index in [0.717, 1.165) is 23.5 Å². The molecule has 0 aliphatic carbocycles. The number of benzene rings is 1. The lowest BCUT2D eigenvalue weighted by Gasteiger charge is -2.26. The van der Waals surface area contributed by atoms with Crippen LogP contribution >= 0.6 is 0 Å². The molecule has 7 nitrogen and oxygen atoms in total. The van der Waals surface area contributed by atoms with Gasteiger partial charge >= 0.3 is 0 Å². The van der Waals surface area contributed by atoms with Gasteiger partial charge < -0.3 is 14.2 Å². The van der Waals surface area contributed by atoms with Crippen LogP contribution in [0.4, 0.5) is 5.69 Å². The normalized spacial score (nSPS) is 19.0. The Balaban J connectivity index is 1.47. The summed E-state index contributed by atoms with van der Waals surface area (Å²) in [5, 5.41) is 2.81. The van der Waals surface area contributed by atoms with E-state index in [-0.39, 0.29) is 11.9 Å². The summed E-state index contributed by atoms with van der Waals surface area (Å²) in [6.45, 7) is 3.87. The number of hydrogen-bond acceptors (Lipinski definition) is 5.